The van der Waals surface area contributed by atoms with E-state index in [0.717, 1.165) is 26.0 Å². The maximum absolute atomic E-state index is 12.5. The summed E-state index contributed by atoms with van der Waals surface area (Å²) >= 11 is 5.94. The zero-order valence-electron chi connectivity index (χ0n) is 14.4. The van der Waals surface area contributed by atoms with Gasteiger partial charge < -0.3 is 20.1 Å². The van der Waals surface area contributed by atoms with E-state index in [1.165, 1.54) is 17.7 Å². The highest BCUT2D eigenvalue weighted by molar-refractivity contribution is 14.0. The molecule has 2 N–H and O–H groups in total. The van der Waals surface area contributed by atoms with E-state index in [0.29, 0.717) is 23.2 Å². The monoisotopic (exact) mass is 501 g/mol. The van der Waals surface area contributed by atoms with E-state index in [1.807, 2.05) is 0 Å². The molecule has 26 heavy (non-hydrogen) atoms. The van der Waals surface area contributed by atoms with E-state index >= 15 is 0 Å². The summed E-state index contributed by atoms with van der Waals surface area (Å²) in [7, 11) is 1.65. The molecule has 0 spiro atoms. The fraction of sp³-hybridized carbons (Fsp3) is 0.471. The Morgan fingerprint density at radius 3 is 2.85 bits per heavy atom. The highest BCUT2D eigenvalue weighted by atomic mass is 127. The van der Waals surface area contributed by atoms with Crippen LogP contribution in [-0.2, 0) is 11.3 Å². The van der Waals surface area contributed by atoms with Gasteiger partial charge in [0.05, 0.1) is 13.2 Å². The quantitative estimate of drug-likeness (QED) is 0.257. The molecule has 1 aliphatic heterocycles. The number of alkyl halides is 2. The van der Waals surface area contributed by atoms with Gasteiger partial charge in [0, 0.05) is 30.7 Å². The van der Waals surface area contributed by atoms with E-state index in [2.05, 4.69) is 26.4 Å². The summed E-state index contributed by atoms with van der Waals surface area (Å²) in [5.41, 5.74) is 1.89. The Bertz CT molecular complexity index is 630. The Labute approximate surface area is 174 Å². The summed E-state index contributed by atoms with van der Waals surface area (Å²) in [5, 5.41) is 6.72. The van der Waals surface area contributed by atoms with Crippen molar-refractivity contribution >= 4 is 41.5 Å². The minimum Gasteiger partial charge on any atom is -0.434 e. The van der Waals surface area contributed by atoms with Gasteiger partial charge in [-0.15, -0.1) is 24.0 Å². The summed E-state index contributed by atoms with van der Waals surface area (Å²) in [6.07, 6.45) is 3.95. The van der Waals surface area contributed by atoms with Crippen LogP contribution in [0.3, 0.4) is 0 Å². The summed E-state index contributed by atoms with van der Waals surface area (Å²) in [5.74, 6) is 0.672. The summed E-state index contributed by atoms with van der Waals surface area (Å²) in [6, 6.07) is 4.53. The molecule has 1 aliphatic rings. The molecule has 2 rings (SSSR count). The normalized spacial score (nSPS) is 14.5. The number of hydrogen-bond acceptors (Lipinski definition) is 3. The molecule has 0 atom stereocenters. The second kappa shape index (κ2) is 12.3. The number of rotatable bonds is 7. The number of nitrogens with one attached hydrogen (secondary N) is 2. The molecular formula is C17H23ClF2IN3O2. The molecule has 1 aromatic rings. The van der Waals surface area contributed by atoms with Crippen LogP contribution in [0.4, 0.5) is 8.78 Å². The van der Waals surface area contributed by atoms with Crippen LogP contribution in [0.25, 0.3) is 0 Å². The van der Waals surface area contributed by atoms with Crippen molar-refractivity contribution in [2.75, 3.05) is 26.8 Å². The van der Waals surface area contributed by atoms with Gasteiger partial charge in [-0.05, 0) is 31.0 Å². The molecule has 9 heteroatoms. The molecule has 5 nitrogen and oxygen atoms in total. The Balaban J connectivity index is 0.00000338. The molecule has 0 unspecified atom stereocenters. The lowest BCUT2D eigenvalue weighted by Gasteiger charge is -2.16. The molecule has 0 radical (unpaired) electrons. The lowest BCUT2D eigenvalue weighted by atomic mass is 10.1. The fourth-order valence-corrected chi connectivity index (χ4v) is 2.63. The van der Waals surface area contributed by atoms with Crippen LogP contribution in [0.5, 0.6) is 5.75 Å². The molecule has 0 aromatic heterocycles. The van der Waals surface area contributed by atoms with Crippen molar-refractivity contribution in [3.63, 3.8) is 0 Å². The molecule has 146 valence electrons. The minimum absolute atomic E-state index is 0. The van der Waals surface area contributed by atoms with Gasteiger partial charge in [-0.25, -0.2) is 0 Å². The van der Waals surface area contributed by atoms with E-state index in [9.17, 15) is 8.78 Å². The summed E-state index contributed by atoms with van der Waals surface area (Å²) < 4.78 is 34.8. The van der Waals surface area contributed by atoms with Crippen molar-refractivity contribution in [3.8, 4) is 5.75 Å². The number of nitrogens with zero attached hydrogens (tertiary/aromatic N) is 1. The third kappa shape index (κ3) is 8.05. The predicted octanol–water partition coefficient (Wildman–Crippen LogP) is 3.96. The van der Waals surface area contributed by atoms with Crippen molar-refractivity contribution in [1.29, 1.82) is 0 Å². The third-order valence-corrected chi connectivity index (χ3v) is 3.94. The first-order chi connectivity index (χ1) is 12.1. The van der Waals surface area contributed by atoms with Crippen LogP contribution in [-0.4, -0.2) is 39.4 Å². The van der Waals surface area contributed by atoms with E-state index in [4.69, 9.17) is 16.3 Å². The Morgan fingerprint density at radius 2 is 2.19 bits per heavy atom. The molecule has 1 heterocycles. The summed E-state index contributed by atoms with van der Waals surface area (Å²) in [6.45, 7) is -0.463. The summed E-state index contributed by atoms with van der Waals surface area (Å²) in [4.78, 5) is 4.13. The van der Waals surface area contributed by atoms with Gasteiger partial charge in [-0.3, -0.25) is 4.99 Å². The Hall–Kier alpha value is -1.13. The van der Waals surface area contributed by atoms with E-state index in [1.54, 1.807) is 13.1 Å². The van der Waals surface area contributed by atoms with Gasteiger partial charge in [-0.2, -0.15) is 8.78 Å². The largest absolute Gasteiger partial charge is 0.434 e. The molecule has 0 bridgehead atoms. The molecule has 0 saturated heterocycles. The lowest BCUT2D eigenvalue weighted by molar-refractivity contribution is -0.0504. The smallest absolute Gasteiger partial charge is 0.387 e. The van der Waals surface area contributed by atoms with Crippen LogP contribution in [0.15, 0.2) is 34.8 Å². The van der Waals surface area contributed by atoms with E-state index < -0.39 is 6.61 Å². The molecule has 0 aliphatic carbocycles. The van der Waals surface area contributed by atoms with Crippen LogP contribution >= 0.6 is 35.6 Å². The predicted molar refractivity (Wildman–Crippen MR) is 110 cm³/mol. The topological polar surface area (TPSA) is 54.9 Å². The minimum atomic E-state index is -2.88. The average molecular weight is 502 g/mol. The van der Waals surface area contributed by atoms with Gasteiger partial charge in [0.15, 0.2) is 5.96 Å². The molecule has 1 aromatic carbocycles. The van der Waals surface area contributed by atoms with Crippen molar-refractivity contribution in [2.24, 2.45) is 4.99 Å². The number of benzene rings is 1. The maximum atomic E-state index is 12.5. The third-order valence-electron chi connectivity index (χ3n) is 3.70. The van der Waals surface area contributed by atoms with Crippen molar-refractivity contribution < 1.29 is 18.3 Å². The SMILES string of the molecule is CN=C(NCCC1=CCOCC1)NCc1cc(Cl)ccc1OC(F)F.I. The molecule has 0 saturated carbocycles. The molecule has 0 amide bonds. The first-order valence-electron chi connectivity index (χ1n) is 8.02. The van der Waals surface area contributed by atoms with Crippen LogP contribution < -0.4 is 15.4 Å². The number of guanidine groups is 1. The van der Waals surface area contributed by atoms with Gasteiger partial charge in [0.1, 0.15) is 5.75 Å². The highest BCUT2D eigenvalue weighted by Gasteiger charge is 2.11. The van der Waals surface area contributed by atoms with Gasteiger partial charge in [0.2, 0.25) is 0 Å². The first kappa shape index (κ1) is 22.9. The van der Waals surface area contributed by atoms with Gasteiger partial charge in [0.25, 0.3) is 0 Å². The van der Waals surface area contributed by atoms with Crippen LogP contribution in [0.2, 0.25) is 5.02 Å². The second-order valence-corrected chi connectivity index (χ2v) is 5.86. The first-order valence-corrected chi connectivity index (χ1v) is 8.39. The van der Waals surface area contributed by atoms with Gasteiger partial charge in [-0.1, -0.05) is 23.3 Å². The number of ether oxygens (including phenoxy) is 2. The highest BCUT2D eigenvalue weighted by Crippen LogP contribution is 2.24. The maximum Gasteiger partial charge on any atom is 0.387 e. The average Bonchev–Trinajstić information content (AvgIpc) is 2.60. The fourth-order valence-electron chi connectivity index (χ4n) is 2.43. The van der Waals surface area contributed by atoms with Crippen molar-refractivity contribution in [1.82, 2.24) is 10.6 Å². The number of aliphatic imine (C=N–C) groups is 1. The van der Waals surface area contributed by atoms with Gasteiger partial charge >= 0.3 is 6.61 Å². The zero-order valence-corrected chi connectivity index (χ0v) is 17.5. The lowest BCUT2D eigenvalue weighted by Crippen LogP contribution is -2.37. The molecular weight excluding hydrogens is 479 g/mol. The van der Waals surface area contributed by atoms with Crippen LogP contribution in [0, 0.1) is 0 Å². The van der Waals surface area contributed by atoms with E-state index in [-0.39, 0.29) is 36.3 Å². The Morgan fingerprint density at radius 1 is 1.38 bits per heavy atom. The second-order valence-electron chi connectivity index (χ2n) is 5.42. The number of halogens is 4. The standard InChI is InChI=1S/C17H22ClF2N3O2.HI/c1-21-17(22-7-4-12-5-8-24-9-6-12)23-11-13-10-14(18)2-3-15(13)25-16(19)20;/h2-3,5,10,16H,4,6-9,11H2,1H3,(H2,21,22,23);1H. The van der Waals surface area contributed by atoms with Crippen molar-refractivity contribution in [2.45, 2.75) is 26.0 Å². The van der Waals surface area contributed by atoms with Crippen LogP contribution in [0.1, 0.15) is 18.4 Å². The van der Waals surface area contributed by atoms with Crippen molar-refractivity contribution in [3.05, 3.63) is 40.4 Å². The zero-order chi connectivity index (χ0) is 18.1. The number of hydrogen-bond donors (Lipinski definition) is 2. The molecule has 0 fully saturated rings. The Kier molecular flexibility index (Phi) is 10.8.